The van der Waals surface area contributed by atoms with E-state index in [1.54, 1.807) is 42.5 Å². The molecule has 11 heteroatoms. The van der Waals surface area contributed by atoms with E-state index in [2.05, 4.69) is 15.5 Å². The van der Waals surface area contributed by atoms with Crippen LogP contribution >= 0.6 is 46.6 Å². The summed E-state index contributed by atoms with van der Waals surface area (Å²) < 4.78 is 6.91. The highest BCUT2D eigenvalue weighted by molar-refractivity contribution is 7.99. The van der Waals surface area contributed by atoms with Gasteiger partial charge in [0.1, 0.15) is 12.4 Å². The Labute approximate surface area is 192 Å². The van der Waals surface area contributed by atoms with Crippen molar-refractivity contribution in [3.63, 3.8) is 0 Å². The number of carbonyl (C=O) groups is 1. The molecule has 3 N–H and O–H groups in total. The minimum absolute atomic E-state index is 0.114. The first-order valence-electron chi connectivity index (χ1n) is 8.78. The molecule has 1 atom stereocenters. The Kier molecular flexibility index (Phi) is 7.71. The van der Waals surface area contributed by atoms with Crippen LogP contribution < -0.4 is 15.9 Å². The molecule has 1 aromatic heterocycles. The van der Waals surface area contributed by atoms with E-state index < -0.39 is 0 Å². The number of nitrogens with two attached hydrogens (primary N) is 1. The van der Waals surface area contributed by atoms with Gasteiger partial charge in [-0.15, -0.1) is 10.2 Å². The molecule has 0 saturated heterocycles. The average molecular weight is 487 g/mol. The van der Waals surface area contributed by atoms with Gasteiger partial charge in [0, 0.05) is 15.1 Å². The predicted molar refractivity (Wildman–Crippen MR) is 120 cm³/mol. The Morgan fingerprint density at radius 1 is 1.17 bits per heavy atom. The minimum atomic E-state index is -0.276. The maximum atomic E-state index is 12.3. The van der Waals surface area contributed by atoms with Crippen molar-refractivity contribution in [1.29, 1.82) is 0 Å². The molecule has 0 bridgehead atoms. The normalized spacial score (nSPS) is 11.9. The maximum Gasteiger partial charge on any atom is 0.230 e. The van der Waals surface area contributed by atoms with Gasteiger partial charge >= 0.3 is 0 Å². The highest BCUT2D eigenvalue weighted by Crippen LogP contribution is 2.26. The molecule has 3 aromatic rings. The SMILES string of the molecule is C[C@@H](NC(=O)CSc1nnc(COc2ccc(Cl)cc2)n1N)c1ccc(Cl)cc1Cl. The second kappa shape index (κ2) is 10.3. The lowest BCUT2D eigenvalue weighted by atomic mass is 10.1. The van der Waals surface area contributed by atoms with E-state index in [1.807, 2.05) is 6.92 Å². The number of benzene rings is 2. The molecule has 0 radical (unpaired) electrons. The number of hydrogen-bond donors (Lipinski definition) is 2. The highest BCUT2D eigenvalue weighted by Gasteiger charge is 2.16. The summed E-state index contributed by atoms with van der Waals surface area (Å²) in [7, 11) is 0. The van der Waals surface area contributed by atoms with Gasteiger partial charge in [-0.3, -0.25) is 4.79 Å². The maximum absolute atomic E-state index is 12.3. The van der Waals surface area contributed by atoms with Crippen molar-refractivity contribution < 1.29 is 9.53 Å². The van der Waals surface area contributed by atoms with Crippen LogP contribution in [0.5, 0.6) is 5.75 Å². The summed E-state index contributed by atoms with van der Waals surface area (Å²) in [5, 5.41) is 13.0. The monoisotopic (exact) mass is 485 g/mol. The first kappa shape index (κ1) is 22.6. The standard InChI is InChI=1S/C19H18Cl3N5O2S/c1-11(15-7-4-13(21)8-16(15)22)24-18(28)10-30-19-26-25-17(27(19)23)9-29-14-5-2-12(20)3-6-14/h2-8,11H,9-10,23H2,1H3,(H,24,28)/t11-/m1/s1. The van der Waals surface area contributed by atoms with Crippen molar-refractivity contribution in [2.75, 3.05) is 11.6 Å². The van der Waals surface area contributed by atoms with E-state index in [0.717, 1.165) is 5.56 Å². The molecule has 0 saturated carbocycles. The lowest BCUT2D eigenvalue weighted by Crippen LogP contribution is -2.28. The molecule has 1 amide bonds. The number of nitrogens with zero attached hydrogens (tertiary/aromatic N) is 3. The number of nitrogen functional groups attached to an aromatic ring is 1. The molecular weight excluding hydrogens is 469 g/mol. The van der Waals surface area contributed by atoms with E-state index in [9.17, 15) is 4.79 Å². The molecule has 0 unspecified atom stereocenters. The summed E-state index contributed by atoms with van der Waals surface area (Å²) in [6.07, 6.45) is 0. The Bertz CT molecular complexity index is 1030. The summed E-state index contributed by atoms with van der Waals surface area (Å²) in [5.41, 5.74) is 0.781. The molecule has 0 aliphatic carbocycles. The third-order valence-corrected chi connectivity index (χ3v) is 5.81. The summed E-state index contributed by atoms with van der Waals surface area (Å²) in [5.74, 6) is 6.99. The van der Waals surface area contributed by atoms with Gasteiger partial charge < -0.3 is 15.9 Å². The van der Waals surface area contributed by atoms with Crippen molar-refractivity contribution in [1.82, 2.24) is 20.2 Å². The van der Waals surface area contributed by atoms with E-state index >= 15 is 0 Å². The molecular formula is C19H18Cl3N5O2S. The van der Waals surface area contributed by atoms with Crippen LogP contribution in [0.25, 0.3) is 0 Å². The van der Waals surface area contributed by atoms with E-state index in [1.165, 1.54) is 16.4 Å². The van der Waals surface area contributed by atoms with Crippen molar-refractivity contribution >= 4 is 52.5 Å². The molecule has 2 aromatic carbocycles. The Balaban J connectivity index is 1.51. The number of ether oxygens (including phenoxy) is 1. The quantitative estimate of drug-likeness (QED) is 0.359. The fourth-order valence-corrected chi connectivity index (χ4v) is 3.91. The van der Waals surface area contributed by atoms with Crippen LogP contribution in [0, 0.1) is 0 Å². The molecule has 1 heterocycles. The zero-order valence-electron chi connectivity index (χ0n) is 15.8. The highest BCUT2D eigenvalue weighted by atomic mass is 35.5. The minimum Gasteiger partial charge on any atom is -0.486 e. The number of nitrogens with one attached hydrogen (secondary N) is 1. The summed E-state index contributed by atoms with van der Waals surface area (Å²) in [6, 6.07) is 11.8. The van der Waals surface area contributed by atoms with Gasteiger partial charge in [0.25, 0.3) is 0 Å². The number of carbonyl (C=O) groups excluding carboxylic acids is 1. The number of hydrogen-bond acceptors (Lipinski definition) is 6. The second-order valence-corrected chi connectivity index (χ2v) is 8.48. The smallest absolute Gasteiger partial charge is 0.230 e. The fraction of sp³-hybridized carbons (Fsp3) is 0.211. The van der Waals surface area contributed by atoms with Crippen LogP contribution in [0.3, 0.4) is 0 Å². The molecule has 3 rings (SSSR count). The molecule has 0 aliphatic rings. The molecule has 7 nitrogen and oxygen atoms in total. The molecule has 0 spiro atoms. The van der Waals surface area contributed by atoms with Crippen molar-refractivity contribution in [2.45, 2.75) is 24.7 Å². The van der Waals surface area contributed by atoms with E-state index in [-0.39, 0.29) is 24.3 Å². The van der Waals surface area contributed by atoms with Gasteiger partial charge in [0.05, 0.1) is 11.8 Å². The Morgan fingerprint density at radius 2 is 1.87 bits per heavy atom. The topological polar surface area (TPSA) is 95.1 Å². The van der Waals surface area contributed by atoms with Crippen LogP contribution in [-0.4, -0.2) is 26.5 Å². The van der Waals surface area contributed by atoms with Crippen LogP contribution in [0.1, 0.15) is 24.4 Å². The number of amides is 1. The van der Waals surface area contributed by atoms with Crippen LogP contribution in [0.2, 0.25) is 15.1 Å². The summed E-state index contributed by atoms with van der Waals surface area (Å²) in [6.45, 7) is 1.97. The second-order valence-electron chi connectivity index (χ2n) is 6.26. The molecule has 0 fully saturated rings. The van der Waals surface area contributed by atoms with Gasteiger partial charge in [-0.2, -0.15) is 0 Å². The molecule has 30 heavy (non-hydrogen) atoms. The van der Waals surface area contributed by atoms with Crippen molar-refractivity contribution in [2.24, 2.45) is 0 Å². The van der Waals surface area contributed by atoms with E-state index in [0.29, 0.717) is 31.8 Å². The lowest BCUT2D eigenvalue weighted by Gasteiger charge is -2.15. The van der Waals surface area contributed by atoms with Gasteiger partial charge in [0.2, 0.25) is 11.1 Å². The fourth-order valence-electron chi connectivity index (χ4n) is 2.53. The average Bonchev–Trinajstić information content (AvgIpc) is 3.05. The molecule has 158 valence electrons. The van der Waals surface area contributed by atoms with Crippen molar-refractivity contribution in [3.8, 4) is 5.75 Å². The summed E-state index contributed by atoms with van der Waals surface area (Å²) in [4.78, 5) is 12.3. The van der Waals surface area contributed by atoms with E-state index in [4.69, 9.17) is 45.4 Å². The zero-order valence-corrected chi connectivity index (χ0v) is 18.9. The van der Waals surface area contributed by atoms with Gasteiger partial charge in [-0.05, 0) is 48.9 Å². The van der Waals surface area contributed by atoms with Crippen LogP contribution in [0.15, 0.2) is 47.6 Å². The van der Waals surface area contributed by atoms with Crippen LogP contribution in [-0.2, 0) is 11.4 Å². The van der Waals surface area contributed by atoms with Crippen LogP contribution in [0.4, 0.5) is 0 Å². The number of halogens is 3. The largest absolute Gasteiger partial charge is 0.486 e. The predicted octanol–water partition coefficient (Wildman–Crippen LogP) is 4.50. The zero-order chi connectivity index (χ0) is 21.7. The summed E-state index contributed by atoms with van der Waals surface area (Å²) >= 11 is 19.1. The van der Waals surface area contributed by atoms with Gasteiger partial charge in [-0.25, -0.2) is 4.68 Å². The van der Waals surface area contributed by atoms with Crippen molar-refractivity contribution in [3.05, 3.63) is 68.9 Å². The first-order valence-corrected chi connectivity index (χ1v) is 10.9. The number of thioether (sulfide) groups is 1. The first-order chi connectivity index (χ1) is 14.3. The third kappa shape index (κ3) is 5.95. The third-order valence-electron chi connectivity index (χ3n) is 4.06. The number of rotatable bonds is 8. The number of aromatic nitrogens is 3. The van der Waals surface area contributed by atoms with Gasteiger partial charge in [0.15, 0.2) is 5.82 Å². The van der Waals surface area contributed by atoms with Gasteiger partial charge in [-0.1, -0.05) is 52.6 Å². The Hall–Kier alpha value is -2.13. The lowest BCUT2D eigenvalue weighted by molar-refractivity contribution is -0.119. The Morgan fingerprint density at radius 3 is 2.57 bits per heavy atom. The molecule has 0 aliphatic heterocycles.